The third-order valence-corrected chi connectivity index (χ3v) is 4.48. The van der Waals surface area contributed by atoms with E-state index in [0.29, 0.717) is 15.2 Å². The summed E-state index contributed by atoms with van der Waals surface area (Å²) < 4.78 is 13.6. The van der Waals surface area contributed by atoms with Gasteiger partial charge in [0.15, 0.2) is 4.34 Å². The van der Waals surface area contributed by atoms with Crippen LogP contribution in [-0.2, 0) is 9.59 Å². The third kappa shape index (κ3) is 4.93. The number of aromatic nitrogens is 2. The lowest BCUT2D eigenvalue weighted by molar-refractivity contribution is -0.114. The van der Waals surface area contributed by atoms with E-state index in [-0.39, 0.29) is 22.6 Å². The molecule has 0 aliphatic carbocycles. The van der Waals surface area contributed by atoms with Crippen molar-refractivity contribution in [3.63, 3.8) is 0 Å². The van der Waals surface area contributed by atoms with Gasteiger partial charge in [0, 0.05) is 12.6 Å². The van der Waals surface area contributed by atoms with Gasteiger partial charge >= 0.3 is 0 Å². The molecule has 116 valence electrons. The molecule has 0 saturated carbocycles. The molecule has 0 radical (unpaired) electrons. The highest BCUT2D eigenvalue weighted by Gasteiger charge is 2.10. The van der Waals surface area contributed by atoms with Crippen molar-refractivity contribution >= 4 is 57.3 Å². The highest BCUT2D eigenvalue weighted by Crippen LogP contribution is 2.25. The molecule has 2 amide bonds. The Hall–Kier alpha value is -1.71. The molecule has 10 heteroatoms. The number of carbonyl (C=O) groups is 2. The number of amides is 2. The minimum Gasteiger partial charge on any atom is -0.325 e. The Bertz CT molecular complexity index is 710. The summed E-state index contributed by atoms with van der Waals surface area (Å²) in [5.74, 6) is -0.972. The molecule has 0 bridgehead atoms. The van der Waals surface area contributed by atoms with Crippen molar-refractivity contribution in [1.82, 2.24) is 10.2 Å². The van der Waals surface area contributed by atoms with E-state index in [0.717, 1.165) is 0 Å². The topological polar surface area (TPSA) is 84.0 Å². The van der Waals surface area contributed by atoms with Crippen molar-refractivity contribution in [2.45, 2.75) is 11.3 Å². The minimum absolute atomic E-state index is 0.0606. The molecule has 0 fully saturated rings. The first-order chi connectivity index (χ1) is 10.4. The Morgan fingerprint density at radius 2 is 2.14 bits per heavy atom. The van der Waals surface area contributed by atoms with Crippen LogP contribution < -0.4 is 10.6 Å². The van der Waals surface area contributed by atoms with E-state index >= 15 is 0 Å². The zero-order chi connectivity index (χ0) is 16.1. The quantitative estimate of drug-likeness (QED) is 0.632. The van der Waals surface area contributed by atoms with Gasteiger partial charge in [-0.05, 0) is 18.2 Å². The van der Waals surface area contributed by atoms with E-state index in [1.54, 1.807) is 0 Å². The van der Waals surface area contributed by atoms with Gasteiger partial charge in [0.2, 0.25) is 16.9 Å². The number of nitrogens with zero attached hydrogens (tertiary/aromatic N) is 2. The Morgan fingerprint density at radius 1 is 1.36 bits per heavy atom. The lowest BCUT2D eigenvalue weighted by Gasteiger charge is -2.04. The maximum absolute atomic E-state index is 13.0. The SMILES string of the molecule is CC(=O)Nc1nnc(SCC(=O)Nc2ccc(F)c(Cl)c2)s1. The summed E-state index contributed by atoms with van der Waals surface area (Å²) in [6.45, 7) is 1.37. The van der Waals surface area contributed by atoms with E-state index in [1.807, 2.05) is 0 Å². The van der Waals surface area contributed by atoms with Crippen LogP contribution in [0.1, 0.15) is 6.92 Å². The summed E-state index contributed by atoms with van der Waals surface area (Å²) in [7, 11) is 0. The highest BCUT2D eigenvalue weighted by atomic mass is 35.5. The molecule has 1 aromatic carbocycles. The van der Waals surface area contributed by atoms with E-state index < -0.39 is 5.82 Å². The predicted molar refractivity (Wildman–Crippen MR) is 85.0 cm³/mol. The smallest absolute Gasteiger partial charge is 0.234 e. The molecule has 2 N–H and O–H groups in total. The number of rotatable bonds is 5. The molecule has 1 aromatic heterocycles. The van der Waals surface area contributed by atoms with Gasteiger partial charge in [-0.25, -0.2) is 4.39 Å². The standard InChI is InChI=1S/C12H10ClFN4O2S2/c1-6(19)15-11-17-18-12(22-11)21-5-10(20)16-7-2-3-9(14)8(13)4-7/h2-4H,5H2,1H3,(H,16,20)(H,15,17,19). The first kappa shape index (κ1) is 16.7. The van der Waals surface area contributed by atoms with Gasteiger partial charge in [0.25, 0.3) is 0 Å². The lowest BCUT2D eigenvalue weighted by atomic mass is 10.3. The van der Waals surface area contributed by atoms with Crippen LogP contribution in [0.3, 0.4) is 0 Å². The van der Waals surface area contributed by atoms with Crippen LogP contribution in [0, 0.1) is 5.82 Å². The summed E-state index contributed by atoms with van der Waals surface area (Å²) >= 11 is 7.98. The van der Waals surface area contributed by atoms with Crippen LogP contribution in [0.4, 0.5) is 15.2 Å². The fourth-order valence-electron chi connectivity index (χ4n) is 1.37. The molecule has 0 aliphatic heterocycles. The number of benzene rings is 1. The molecule has 0 atom stereocenters. The van der Waals surface area contributed by atoms with Crippen molar-refractivity contribution in [1.29, 1.82) is 0 Å². The summed E-state index contributed by atoms with van der Waals surface area (Å²) in [5, 5.41) is 13.0. The van der Waals surface area contributed by atoms with E-state index in [1.165, 1.54) is 48.2 Å². The largest absolute Gasteiger partial charge is 0.325 e. The van der Waals surface area contributed by atoms with E-state index in [4.69, 9.17) is 11.6 Å². The maximum Gasteiger partial charge on any atom is 0.234 e. The zero-order valence-corrected chi connectivity index (χ0v) is 13.6. The summed E-state index contributed by atoms with van der Waals surface area (Å²) in [6.07, 6.45) is 0. The van der Waals surface area contributed by atoms with Crippen LogP contribution in [0.5, 0.6) is 0 Å². The maximum atomic E-state index is 13.0. The molecule has 0 spiro atoms. The summed E-state index contributed by atoms with van der Waals surface area (Å²) in [5.41, 5.74) is 0.410. The Morgan fingerprint density at radius 3 is 2.82 bits per heavy atom. The Labute approximate surface area is 138 Å². The second-order valence-electron chi connectivity index (χ2n) is 4.02. The van der Waals surface area contributed by atoms with Crippen LogP contribution in [0.15, 0.2) is 22.5 Å². The Balaban J connectivity index is 1.85. The Kier molecular flexibility index (Phi) is 5.69. The van der Waals surface area contributed by atoms with Crippen molar-refractivity contribution < 1.29 is 14.0 Å². The molecule has 0 aliphatic rings. The number of nitrogens with one attached hydrogen (secondary N) is 2. The molecule has 0 saturated heterocycles. The van der Waals surface area contributed by atoms with E-state index in [9.17, 15) is 14.0 Å². The average molecular weight is 361 g/mol. The molecule has 22 heavy (non-hydrogen) atoms. The number of thioether (sulfide) groups is 1. The van der Waals surface area contributed by atoms with Gasteiger partial charge < -0.3 is 10.6 Å². The highest BCUT2D eigenvalue weighted by molar-refractivity contribution is 8.01. The summed E-state index contributed by atoms with van der Waals surface area (Å²) in [4.78, 5) is 22.6. The van der Waals surface area contributed by atoms with Gasteiger partial charge in [0.05, 0.1) is 10.8 Å². The van der Waals surface area contributed by atoms with Crippen molar-refractivity contribution in [3.05, 3.63) is 29.0 Å². The van der Waals surface area contributed by atoms with Crippen LogP contribution in [0.2, 0.25) is 5.02 Å². The molecule has 2 rings (SSSR count). The van der Waals surface area contributed by atoms with E-state index in [2.05, 4.69) is 20.8 Å². The van der Waals surface area contributed by atoms with Crippen molar-refractivity contribution in [2.75, 3.05) is 16.4 Å². The van der Waals surface area contributed by atoms with Crippen LogP contribution >= 0.6 is 34.7 Å². The molecule has 0 unspecified atom stereocenters. The van der Waals surface area contributed by atoms with Crippen LogP contribution in [0.25, 0.3) is 0 Å². The lowest BCUT2D eigenvalue weighted by Crippen LogP contribution is -2.13. The third-order valence-electron chi connectivity index (χ3n) is 2.22. The first-order valence-electron chi connectivity index (χ1n) is 5.93. The predicted octanol–water partition coefficient (Wildman–Crippen LogP) is 3.02. The fraction of sp³-hybridized carbons (Fsp3) is 0.167. The van der Waals surface area contributed by atoms with Crippen LogP contribution in [-0.4, -0.2) is 27.8 Å². The number of anilines is 2. The molecule has 1 heterocycles. The average Bonchev–Trinajstić information content (AvgIpc) is 2.87. The zero-order valence-electron chi connectivity index (χ0n) is 11.2. The van der Waals surface area contributed by atoms with Crippen molar-refractivity contribution in [2.24, 2.45) is 0 Å². The van der Waals surface area contributed by atoms with Gasteiger partial charge in [-0.3, -0.25) is 9.59 Å². The van der Waals surface area contributed by atoms with Gasteiger partial charge in [-0.1, -0.05) is 34.7 Å². The first-order valence-corrected chi connectivity index (χ1v) is 8.11. The second kappa shape index (κ2) is 7.52. The normalized spacial score (nSPS) is 10.3. The fourth-order valence-corrected chi connectivity index (χ4v) is 3.15. The van der Waals surface area contributed by atoms with Gasteiger partial charge in [-0.15, -0.1) is 10.2 Å². The molecule has 2 aromatic rings. The number of hydrogen-bond acceptors (Lipinski definition) is 6. The summed E-state index contributed by atoms with van der Waals surface area (Å²) in [6, 6.07) is 3.93. The van der Waals surface area contributed by atoms with Gasteiger partial charge in [0.1, 0.15) is 5.82 Å². The second-order valence-corrected chi connectivity index (χ2v) is 6.63. The minimum atomic E-state index is -0.548. The molecular weight excluding hydrogens is 351 g/mol. The number of hydrogen-bond donors (Lipinski definition) is 2. The molecular formula is C12H10ClFN4O2S2. The van der Waals surface area contributed by atoms with Crippen molar-refractivity contribution in [3.8, 4) is 0 Å². The number of halogens is 2. The number of carbonyl (C=O) groups excluding carboxylic acids is 2. The monoisotopic (exact) mass is 360 g/mol. The molecule has 6 nitrogen and oxygen atoms in total. The van der Waals surface area contributed by atoms with Gasteiger partial charge in [-0.2, -0.15) is 0 Å².